The van der Waals surface area contributed by atoms with Crippen molar-refractivity contribution in [2.75, 3.05) is 25.0 Å². The van der Waals surface area contributed by atoms with Crippen molar-refractivity contribution in [3.05, 3.63) is 24.3 Å². The highest BCUT2D eigenvalue weighted by Crippen LogP contribution is 2.17. The second kappa shape index (κ2) is 9.34. The van der Waals surface area contributed by atoms with E-state index in [2.05, 4.69) is 10.6 Å². The Morgan fingerprint density at radius 1 is 1.33 bits per heavy atom. The highest BCUT2D eigenvalue weighted by Gasteiger charge is 2.05. The largest absolute Gasteiger partial charge is 0.493 e. The molecular weight excluding hydrogens is 272 g/mol. The third-order valence-electron chi connectivity index (χ3n) is 2.45. The Bertz CT molecular complexity index is 525. The zero-order valence-electron chi connectivity index (χ0n) is 11.6. The quantitative estimate of drug-likeness (QED) is 0.598. The SMILES string of the molecule is N#CCCCOc1cccc(NC(=O)CNC(=O)CN)c1. The minimum Gasteiger partial charge on any atom is -0.493 e. The highest BCUT2D eigenvalue weighted by atomic mass is 16.5. The number of amides is 2. The number of unbranched alkanes of at least 4 members (excludes halogenated alkanes) is 1. The number of hydrogen-bond acceptors (Lipinski definition) is 5. The first kappa shape index (κ1) is 16.5. The van der Waals surface area contributed by atoms with Gasteiger partial charge in [0.15, 0.2) is 0 Å². The Kier molecular flexibility index (Phi) is 7.32. The third-order valence-corrected chi connectivity index (χ3v) is 2.45. The molecule has 0 aliphatic rings. The maximum Gasteiger partial charge on any atom is 0.243 e. The second-order valence-electron chi connectivity index (χ2n) is 4.17. The van der Waals surface area contributed by atoms with Crippen LogP contribution in [0.2, 0.25) is 0 Å². The number of carbonyl (C=O) groups excluding carboxylic acids is 2. The average molecular weight is 290 g/mol. The molecular formula is C14H18N4O3. The minimum atomic E-state index is -0.389. The minimum absolute atomic E-state index is 0.136. The van der Waals surface area contributed by atoms with Crippen molar-refractivity contribution < 1.29 is 14.3 Å². The smallest absolute Gasteiger partial charge is 0.243 e. The molecule has 112 valence electrons. The van der Waals surface area contributed by atoms with Gasteiger partial charge in [0.05, 0.1) is 25.8 Å². The first-order valence-electron chi connectivity index (χ1n) is 6.52. The van der Waals surface area contributed by atoms with E-state index in [0.29, 0.717) is 30.9 Å². The summed E-state index contributed by atoms with van der Waals surface area (Å²) in [5.74, 6) is -0.130. The summed E-state index contributed by atoms with van der Waals surface area (Å²) < 4.78 is 5.46. The van der Waals surface area contributed by atoms with Gasteiger partial charge in [0, 0.05) is 18.2 Å². The van der Waals surface area contributed by atoms with Crippen LogP contribution in [0.4, 0.5) is 5.69 Å². The number of nitrogens with zero attached hydrogens (tertiary/aromatic N) is 1. The Balaban J connectivity index is 2.43. The standard InChI is InChI=1S/C14H18N4O3/c15-6-1-2-7-21-12-5-3-4-11(8-12)18-14(20)10-17-13(19)9-16/h3-5,8H,1-2,7,9-10,16H2,(H,17,19)(H,18,20). The molecule has 21 heavy (non-hydrogen) atoms. The topological polar surface area (TPSA) is 117 Å². The number of ether oxygens (including phenoxy) is 1. The molecule has 0 heterocycles. The van der Waals surface area contributed by atoms with E-state index in [1.165, 1.54) is 0 Å². The number of anilines is 1. The normalized spacial score (nSPS) is 9.52. The lowest BCUT2D eigenvalue weighted by molar-refractivity contribution is -0.123. The first-order chi connectivity index (χ1) is 10.2. The van der Waals surface area contributed by atoms with Crippen molar-refractivity contribution in [1.82, 2.24) is 5.32 Å². The fraction of sp³-hybridized carbons (Fsp3) is 0.357. The van der Waals surface area contributed by atoms with Gasteiger partial charge in [-0.2, -0.15) is 5.26 Å². The zero-order valence-corrected chi connectivity index (χ0v) is 11.6. The number of carbonyl (C=O) groups is 2. The van der Waals surface area contributed by atoms with Crippen LogP contribution in [-0.4, -0.2) is 31.5 Å². The van der Waals surface area contributed by atoms with Crippen LogP contribution < -0.4 is 21.1 Å². The Labute approximate surface area is 123 Å². The van der Waals surface area contributed by atoms with Crippen LogP contribution in [0, 0.1) is 11.3 Å². The van der Waals surface area contributed by atoms with Gasteiger partial charge in [-0.3, -0.25) is 9.59 Å². The van der Waals surface area contributed by atoms with Gasteiger partial charge in [0.2, 0.25) is 11.8 Å². The molecule has 4 N–H and O–H groups in total. The van der Waals surface area contributed by atoms with E-state index in [-0.39, 0.29) is 24.9 Å². The molecule has 0 radical (unpaired) electrons. The summed E-state index contributed by atoms with van der Waals surface area (Å²) >= 11 is 0. The summed E-state index contributed by atoms with van der Waals surface area (Å²) in [7, 11) is 0. The van der Waals surface area contributed by atoms with Gasteiger partial charge in [-0.25, -0.2) is 0 Å². The lowest BCUT2D eigenvalue weighted by Crippen LogP contribution is -2.36. The van der Waals surface area contributed by atoms with Crippen molar-refractivity contribution in [2.24, 2.45) is 5.73 Å². The number of nitrogens with two attached hydrogens (primary N) is 1. The summed E-state index contributed by atoms with van der Waals surface area (Å²) in [6.45, 7) is 0.153. The fourth-order valence-electron chi connectivity index (χ4n) is 1.46. The molecule has 1 aromatic carbocycles. The molecule has 0 saturated heterocycles. The molecule has 0 unspecified atom stereocenters. The monoisotopic (exact) mass is 290 g/mol. The summed E-state index contributed by atoms with van der Waals surface area (Å²) in [5, 5.41) is 13.4. The number of hydrogen-bond donors (Lipinski definition) is 3. The van der Waals surface area contributed by atoms with E-state index in [1.54, 1.807) is 24.3 Å². The number of nitriles is 1. The van der Waals surface area contributed by atoms with Crippen LogP contribution in [-0.2, 0) is 9.59 Å². The van der Waals surface area contributed by atoms with Crippen LogP contribution in [0.1, 0.15) is 12.8 Å². The summed E-state index contributed by atoms with van der Waals surface area (Å²) in [6, 6.07) is 8.93. The van der Waals surface area contributed by atoms with Crippen LogP contribution in [0.5, 0.6) is 5.75 Å². The molecule has 0 saturated carbocycles. The van der Waals surface area contributed by atoms with E-state index < -0.39 is 0 Å². The van der Waals surface area contributed by atoms with Gasteiger partial charge in [0.25, 0.3) is 0 Å². The summed E-state index contributed by atoms with van der Waals surface area (Å²) in [4.78, 5) is 22.5. The van der Waals surface area contributed by atoms with E-state index in [4.69, 9.17) is 15.7 Å². The predicted molar refractivity (Wildman–Crippen MR) is 77.5 cm³/mol. The van der Waals surface area contributed by atoms with Crippen molar-refractivity contribution in [3.63, 3.8) is 0 Å². The Morgan fingerprint density at radius 2 is 2.14 bits per heavy atom. The highest BCUT2D eigenvalue weighted by molar-refractivity contribution is 5.94. The molecule has 7 nitrogen and oxygen atoms in total. The number of benzene rings is 1. The molecule has 1 rings (SSSR count). The van der Waals surface area contributed by atoms with Crippen LogP contribution in [0.3, 0.4) is 0 Å². The molecule has 0 atom stereocenters. The molecule has 0 aliphatic carbocycles. The van der Waals surface area contributed by atoms with Gasteiger partial charge in [-0.15, -0.1) is 0 Å². The van der Waals surface area contributed by atoms with Gasteiger partial charge >= 0.3 is 0 Å². The molecule has 0 spiro atoms. The fourth-order valence-corrected chi connectivity index (χ4v) is 1.46. The zero-order chi connectivity index (χ0) is 15.5. The number of rotatable bonds is 8. The van der Waals surface area contributed by atoms with Gasteiger partial charge in [-0.05, 0) is 18.6 Å². The molecule has 1 aromatic rings. The van der Waals surface area contributed by atoms with Crippen molar-refractivity contribution in [1.29, 1.82) is 5.26 Å². The molecule has 0 fully saturated rings. The van der Waals surface area contributed by atoms with Crippen LogP contribution in [0.25, 0.3) is 0 Å². The van der Waals surface area contributed by atoms with Crippen LogP contribution in [0.15, 0.2) is 24.3 Å². The average Bonchev–Trinajstić information content (AvgIpc) is 2.49. The van der Waals surface area contributed by atoms with Crippen molar-refractivity contribution >= 4 is 17.5 Å². The predicted octanol–water partition coefficient (Wildman–Crippen LogP) is 0.383. The lowest BCUT2D eigenvalue weighted by Gasteiger charge is -2.09. The number of nitrogens with one attached hydrogen (secondary N) is 2. The molecule has 0 aromatic heterocycles. The Morgan fingerprint density at radius 3 is 2.86 bits per heavy atom. The summed E-state index contributed by atoms with van der Waals surface area (Å²) in [5.41, 5.74) is 5.69. The van der Waals surface area contributed by atoms with E-state index >= 15 is 0 Å². The molecule has 2 amide bonds. The molecule has 0 bridgehead atoms. The van der Waals surface area contributed by atoms with E-state index in [1.807, 2.05) is 6.07 Å². The van der Waals surface area contributed by atoms with Crippen molar-refractivity contribution in [2.45, 2.75) is 12.8 Å². The van der Waals surface area contributed by atoms with Gasteiger partial charge in [-0.1, -0.05) is 6.07 Å². The van der Waals surface area contributed by atoms with Gasteiger partial charge in [0.1, 0.15) is 5.75 Å². The first-order valence-corrected chi connectivity index (χ1v) is 6.52. The third kappa shape index (κ3) is 6.94. The van der Waals surface area contributed by atoms with Crippen molar-refractivity contribution in [3.8, 4) is 11.8 Å². The maximum absolute atomic E-state index is 11.6. The van der Waals surface area contributed by atoms with E-state index in [0.717, 1.165) is 0 Å². The van der Waals surface area contributed by atoms with Gasteiger partial charge < -0.3 is 21.1 Å². The Hall–Kier alpha value is -2.59. The second-order valence-corrected chi connectivity index (χ2v) is 4.17. The summed E-state index contributed by atoms with van der Waals surface area (Å²) in [6.07, 6.45) is 1.09. The maximum atomic E-state index is 11.6. The molecule has 7 heteroatoms. The molecule has 0 aliphatic heterocycles. The lowest BCUT2D eigenvalue weighted by atomic mass is 10.3. The van der Waals surface area contributed by atoms with Crippen LogP contribution >= 0.6 is 0 Å². The van der Waals surface area contributed by atoms with E-state index in [9.17, 15) is 9.59 Å².